The number of nitrogens with zero attached hydrogens (tertiary/aromatic N) is 2. The van der Waals surface area contributed by atoms with E-state index in [1.165, 1.54) is 23.8 Å². The molecule has 2 aliphatic heterocycles. The lowest BCUT2D eigenvalue weighted by Gasteiger charge is -2.30. The van der Waals surface area contributed by atoms with Gasteiger partial charge in [0.15, 0.2) is 0 Å². The Morgan fingerprint density at radius 1 is 1.11 bits per heavy atom. The Morgan fingerprint density at radius 3 is 2.51 bits per heavy atom. The molecule has 2 N–H and O–H groups in total. The van der Waals surface area contributed by atoms with Gasteiger partial charge in [-0.15, -0.1) is 0 Å². The SMILES string of the molecule is CC1=C(C(=O)O)[C@H](c2cccc([N+](=O)[O-])c2)C(C(=O)O[C@H]2CCN(Cc3ccccc3)C2)=C(C)N1. The number of nitro groups is 1. The molecule has 0 aliphatic carbocycles. The molecule has 0 spiro atoms. The molecule has 2 aromatic carbocycles. The second-order valence-electron chi connectivity index (χ2n) is 8.83. The number of hydrogen-bond donors (Lipinski definition) is 2. The summed E-state index contributed by atoms with van der Waals surface area (Å²) < 4.78 is 5.85. The zero-order chi connectivity index (χ0) is 25.1. The number of carboxylic acids is 1. The molecule has 4 rings (SSSR count). The predicted octanol–water partition coefficient (Wildman–Crippen LogP) is 3.73. The van der Waals surface area contributed by atoms with Gasteiger partial charge in [-0.3, -0.25) is 15.0 Å². The number of carboxylic acid groups (broad SMARTS) is 1. The first-order chi connectivity index (χ1) is 16.7. The van der Waals surface area contributed by atoms with Crippen molar-refractivity contribution in [1.29, 1.82) is 0 Å². The Balaban J connectivity index is 1.58. The molecule has 2 heterocycles. The summed E-state index contributed by atoms with van der Waals surface area (Å²) in [5, 5.41) is 24.3. The second kappa shape index (κ2) is 10.1. The van der Waals surface area contributed by atoms with E-state index in [2.05, 4.69) is 10.2 Å². The monoisotopic (exact) mass is 477 g/mol. The summed E-state index contributed by atoms with van der Waals surface area (Å²) in [6.07, 6.45) is 0.332. The molecule has 35 heavy (non-hydrogen) atoms. The third-order valence-electron chi connectivity index (χ3n) is 6.38. The Labute approximate surface area is 202 Å². The number of hydrogen-bond acceptors (Lipinski definition) is 7. The summed E-state index contributed by atoms with van der Waals surface area (Å²) in [6, 6.07) is 15.7. The molecule has 0 radical (unpaired) electrons. The van der Waals surface area contributed by atoms with Gasteiger partial charge in [0.05, 0.1) is 22.0 Å². The highest BCUT2D eigenvalue weighted by Gasteiger charge is 2.39. The van der Waals surface area contributed by atoms with Gasteiger partial charge in [-0.05, 0) is 31.4 Å². The van der Waals surface area contributed by atoms with Crippen LogP contribution in [0.15, 0.2) is 77.1 Å². The van der Waals surface area contributed by atoms with E-state index in [0.29, 0.717) is 29.9 Å². The minimum atomic E-state index is -1.21. The fraction of sp³-hybridized carbons (Fsp3) is 0.308. The van der Waals surface area contributed by atoms with Crippen molar-refractivity contribution in [3.05, 3.63) is 98.4 Å². The van der Waals surface area contributed by atoms with Crippen LogP contribution >= 0.6 is 0 Å². The molecule has 2 atom stereocenters. The number of benzene rings is 2. The maximum absolute atomic E-state index is 13.4. The fourth-order valence-electron chi connectivity index (χ4n) is 4.79. The molecule has 182 valence electrons. The molecule has 9 nitrogen and oxygen atoms in total. The second-order valence-corrected chi connectivity index (χ2v) is 8.83. The first-order valence-corrected chi connectivity index (χ1v) is 11.4. The molecule has 0 amide bonds. The molecular formula is C26H27N3O6. The van der Waals surface area contributed by atoms with E-state index < -0.39 is 22.8 Å². The average molecular weight is 478 g/mol. The quantitative estimate of drug-likeness (QED) is 0.351. The Bertz CT molecular complexity index is 1220. The third kappa shape index (κ3) is 5.25. The van der Waals surface area contributed by atoms with Gasteiger partial charge in [-0.25, -0.2) is 9.59 Å². The summed E-state index contributed by atoms with van der Waals surface area (Å²) in [6.45, 7) is 5.39. The zero-order valence-corrected chi connectivity index (χ0v) is 19.6. The molecule has 0 saturated carbocycles. The predicted molar refractivity (Wildman–Crippen MR) is 128 cm³/mol. The summed E-state index contributed by atoms with van der Waals surface area (Å²) in [7, 11) is 0. The van der Waals surface area contributed by atoms with E-state index in [0.717, 1.165) is 13.1 Å². The summed E-state index contributed by atoms with van der Waals surface area (Å²) in [5.41, 5.74) is 2.29. The lowest BCUT2D eigenvalue weighted by atomic mass is 9.80. The van der Waals surface area contributed by atoms with Crippen molar-refractivity contribution in [2.24, 2.45) is 0 Å². The number of non-ortho nitro benzene ring substituents is 1. The molecule has 0 unspecified atom stereocenters. The molecule has 0 bridgehead atoms. The van der Waals surface area contributed by atoms with E-state index >= 15 is 0 Å². The van der Waals surface area contributed by atoms with E-state index in [9.17, 15) is 24.8 Å². The molecule has 1 fully saturated rings. The minimum absolute atomic E-state index is 0.0415. The lowest BCUT2D eigenvalue weighted by Crippen LogP contribution is -2.33. The Morgan fingerprint density at radius 2 is 1.83 bits per heavy atom. The van der Waals surface area contributed by atoms with Crippen molar-refractivity contribution in [3.8, 4) is 0 Å². The smallest absolute Gasteiger partial charge is 0.337 e. The number of rotatable bonds is 7. The Hall–Kier alpha value is -3.98. The Kier molecular flexibility index (Phi) is 6.97. The fourth-order valence-corrected chi connectivity index (χ4v) is 4.79. The van der Waals surface area contributed by atoms with Crippen molar-refractivity contribution in [1.82, 2.24) is 10.2 Å². The summed E-state index contributed by atoms with van der Waals surface area (Å²) >= 11 is 0. The standard InChI is InChI=1S/C26H27N3O6/c1-16-22(25(30)31)24(19-9-6-10-20(13-19)29(33)34)23(17(2)27-16)26(32)35-21-11-12-28(15-21)14-18-7-4-3-5-8-18/h3-10,13,21,24,27H,11-12,14-15H2,1-2H3,(H,30,31)/t21-,24-/m0/s1. The van der Waals surface area contributed by atoms with Gasteiger partial charge in [0.2, 0.25) is 0 Å². The number of carbonyl (C=O) groups is 2. The van der Waals surface area contributed by atoms with Crippen molar-refractivity contribution >= 4 is 17.6 Å². The van der Waals surface area contributed by atoms with E-state index in [-0.39, 0.29) is 22.9 Å². The van der Waals surface area contributed by atoms with Crippen LogP contribution in [-0.2, 0) is 20.9 Å². The van der Waals surface area contributed by atoms with E-state index in [1.807, 2.05) is 30.3 Å². The van der Waals surface area contributed by atoms with Gasteiger partial charge in [0.25, 0.3) is 5.69 Å². The van der Waals surface area contributed by atoms with Crippen molar-refractivity contribution in [3.63, 3.8) is 0 Å². The average Bonchev–Trinajstić information content (AvgIpc) is 3.25. The molecule has 9 heteroatoms. The normalized spacial score (nSPS) is 20.5. The maximum Gasteiger partial charge on any atom is 0.337 e. The van der Waals surface area contributed by atoms with E-state index in [4.69, 9.17) is 4.74 Å². The molecular weight excluding hydrogens is 450 g/mol. The van der Waals surface area contributed by atoms with Crippen LogP contribution in [0.25, 0.3) is 0 Å². The van der Waals surface area contributed by atoms with Crippen LogP contribution in [0.1, 0.15) is 37.3 Å². The van der Waals surface area contributed by atoms with Crippen LogP contribution in [-0.4, -0.2) is 46.1 Å². The minimum Gasteiger partial charge on any atom is -0.478 e. The van der Waals surface area contributed by atoms with Crippen molar-refractivity contribution in [2.75, 3.05) is 13.1 Å². The number of likely N-dealkylation sites (tertiary alicyclic amines) is 1. The lowest BCUT2D eigenvalue weighted by molar-refractivity contribution is -0.384. The molecule has 2 aromatic rings. The third-order valence-corrected chi connectivity index (χ3v) is 6.38. The van der Waals surface area contributed by atoms with Gasteiger partial charge < -0.3 is 15.2 Å². The summed E-state index contributed by atoms with van der Waals surface area (Å²) in [4.78, 5) is 38.6. The van der Waals surface area contributed by atoms with Crippen molar-refractivity contribution < 1.29 is 24.4 Å². The van der Waals surface area contributed by atoms with Crippen LogP contribution < -0.4 is 5.32 Å². The number of ether oxygens (including phenoxy) is 1. The van der Waals surface area contributed by atoms with Gasteiger partial charge in [-0.1, -0.05) is 42.5 Å². The largest absolute Gasteiger partial charge is 0.478 e. The molecule has 0 aromatic heterocycles. The zero-order valence-electron chi connectivity index (χ0n) is 19.6. The highest BCUT2D eigenvalue weighted by Crippen LogP contribution is 2.40. The highest BCUT2D eigenvalue weighted by molar-refractivity contribution is 5.99. The van der Waals surface area contributed by atoms with Crippen LogP contribution in [0.2, 0.25) is 0 Å². The first-order valence-electron chi connectivity index (χ1n) is 11.4. The van der Waals surface area contributed by atoms with E-state index in [1.54, 1.807) is 19.9 Å². The number of esters is 1. The van der Waals surface area contributed by atoms with Crippen LogP contribution in [0.5, 0.6) is 0 Å². The molecule has 1 saturated heterocycles. The molecule has 2 aliphatic rings. The number of allylic oxidation sites excluding steroid dienone is 2. The van der Waals surface area contributed by atoms with Crippen LogP contribution in [0, 0.1) is 10.1 Å². The number of dihydropyridines is 1. The van der Waals surface area contributed by atoms with Gasteiger partial charge in [0.1, 0.15) is 6.10 Å². The number of aliphatic carboxylic acids is 1. The maximum atomic E-state index is 13.4. The van der Waals surface area contributed by atoms with Gasteiger partial charge in [0, 0.05) is 43.2 Å². The van der Waals surface area contributed by atoms with Gasteiger partial charge >= 0.3 is 11.9 Å². The summed E-state index contributed by atoms with van der Waals surface area (Å²) in [5.74, 6) is -2.83. The number of nitrogens with one attached hydrogen (secondary N) is 1. The van der Waals surface area contributed by atoms with Crippen LogP contribution in [0.4, 0.5) is 5.69 Å². The number of nitro benzene ring substituents is 1. The first kappa shape index (κ1) is 24.2. The topological polar surface area (TPSA) is 122 Å². The van der Waals surface area contributed by atoms with Gasteiger partial charge in [-0.2, -0.15) is 0 Å². The van der Waals surface area contributed by atoms with Crippen molar-refractivity contribution in [2.45, 2.75) is 38.8 Å². The highest BCUT2D eigenvalue weighted by atomic mass is 16.6. The van der Waals surface area contributed by atoms with Crippen LogP contribution in [0.3, 0.4) is 0 Å². The number of carbonyl (C=O) groups excluding carboxylic acids is 1.